The number of thiazole rings is 1. The molecule has 0 fully saturated rings. The third-order valence-electron chi connectivity index (χ3n) is 4.02. The van der Waals surface area contributed by atoms with E-state index < -0.39 is 10.8 Å². The van der Waals surface area contributed by atoms with Crippen molar-refractivity contribution in [3.8, 4) is 5.75 Å². The quantitative estimate of drug-likeness (QED) is 0.211. The molecule has 3 aromatic rings. The molecule has 30 heavy (non-hydrogen) atoms. The van der Waals surface area contributed by atoms with Gasteiger partial charge in [0.25, 0.3) is 5.91 Å². The molecule has 0 atom stereocenters. The fourth-order valence-corrected chi connectivity index (χ4v) is 4.54. The number of ether oxygens (including phenoxy) is 2. The summed E-state index contributed by atoms with van der Waals surface area (Å²) in [6, 6.07) is 8.79. The van der Waals surface area contributed by atoms with E-state index in [0.717, 1.165) is 27.3 Å². The van der Waals surface area contributed by atoms with E-state index in [1.807, 2.05) is 36.6 Å². The third kappa shape index (κ3) is 5.41. The summed E-state index contributed by atoms with van der Waals surface area (Å²) in [6.45, 7) is 6.11. The predicted octanol–water partition coefficient (Wildman–Crippen LogP) is 4.25. The number of hydrogen-bond donors (Lipinski definition) is 0. The first-order chi connectivity index (χ1) is 14.5. The molecule has 2 heterocycles. The fraction of sp³-hybridized carbons (Fsp3) is 0.300. The van der Waals surface area contributed by atoms with Gasteiger partial charge in [0.1, 0.15) is 5.75 Å². The molecule has 1 amide bonds. The molecule has 0 aliphatic rings. The van der Waals surface area contributed by atoms with Gasteiger partial charge in [-0.1, -0.05) is 22.7 Å². The highest BCUT2D eigenvalue weighted by Crippen LogP contribution is 2.25. The zero-order chi connectivity index (χ0) is 21.5. The van der Waals surface area contributed by atoms with E-state index in [9.17, 15) is 14.9 Å². The summed E-state index contributed by atoms with van der Waals surface area (Å²) < 4.78 is 13.9. The van der Waals surface area contributed by atoms with Crippen LogP contribution in [0.3, 0.4) is 0 Å². The Hall–Kier alpha value is -2.82. The molecular weight excluding hydrogens is 426 g/mol. The van der Waals surface area contributed by atoms with E-state index in [1.165, 1.54) is 29.6 Å². The number of carbonyl (C=O) groups is 1. The molecule has 0 unspecified atom stereocenters. The molecule has 1 aromatic carbocycles. The van der Waals surface area contributed by atoms with Crippen molar-refractivity contribution in [2.45, 2.75) is 20.4 Å². The Morgan fingerprint density at radius 1 is 1.23 bits per heavy atom. The average Bonchev–Trinajstić information content (AvgIpc) is 3.32. The van der Waals surface area contributed by atoms with Crippen LogP contribution in [-0.2, 0) is 16.1 Å². The maximum Gasteiger partial charge on any atom is 0.324 e. The average molecular weight is 448 g/mol. The molecule has 10 heteroatoms. The molecule has 3 rings (SSSR count). The van der Waals surface area contributed by atoms with Gasteiger partial charge in [0.05, 0.1) is 28.4 Å². The topological polar surface area (TPSA) is 96.0 Å². The van der Waals surface area contributed by atoms with Crippen LogP contribution in [0.5, 0.6) is 5.75 Å². The van der Waals surface area contributed by atoms with Crippen molar-refractivity contribution in [3.05, 3.63) is 56.2 Å². The van der Waals surface area contributed by atoms with E-state index in [4.69, 9.17) is 9.47 Å². The summed E-state index contributed by atoms with van der Waals surface area (Å²) in [4.78, 5) is 28.1. The minimum absolute atomic E-state index is 0.0300. The van der Waals surface area contributed by atoms with Crippen molar-refractivity contribution in [2.24, 2.45) is 4.99 Å². The lowest BCUT2D eigenvalue weighted by molar-refractivity contribution is -0.380. The number of amides is 1. The summed E-state index contributed by atoms with van der Waals surface area (Å²) in [7, 11) is 0. The molecular formula is C20H21N3O5S2. The Labute approximate surface area is 180 Å². The smallest absolute Gasteiger partial charge is 0.324 e. The van der Waals surface area contributed by atoms with E-state index in [0.29, 0.717) is 36.0 Å². The number of rotatable bonds is 9. The SMILES string of the molecule is CCOCCn1c(=NC(=O)/C=C\c2ccc([N+](=O)[O-])s2)sc2cc(OCC)ccc21. The van der Waals surface area contributed by atoms with Gasteiger partial charge in [-0.3, -0.25) is 14.9 Å². The van der Waals surface area contributed by atoms with Crippen molar-refractivity contribution in [2.75, 3.05) is 19.8 Å². The lowest BCUT2D eigenvalue weighted by Gasteiger charge is -2.06. The number of nitro groups is 1. The number of fused-ring (bicyclic) bond motifs is 1. The zero-order valence-electron chi connectivity index (χ0n) is 16.6. The lowest BCUT2D eigenvalue weighted by Crippen LogP contribution is -2.19. The van der Waals surface area contributed by atoms with Crippen LogP contribution in [0.25, 0.3) is 16.3 Å². The highest BCUT2D eigenvalue weighted by atomic mass is 32.1. The van der Waals surface area contributed by atoms with Crippen LogP contribution in [0.4, 0.5) is 5.00 Å². The first-order valence-electron chi connectivity index (χ1n) is 9.36. The molecule has 0 saturated heterocycles. The number of hydrogen-bond acceptors (Lipinski definition) is 7. The van der Waals surface area contributed by atoms with Crippen LogP contribution in [0.2, 0.25) is 0 Å². The van der Waals surface area contributed by atoms with Crippen molar-refractivity contribution >= 4 is 49.9 Å². The van der Waals surface area contributed by atoms with Gasteiger partial charge in [0, 0.05) is 30.2 Å². The van der Waals surface area contributed by atoms with Crippen LogP contribution in [0.1, 0.15) is 18.7 Å². The number of carbonyl (C=O) groups excluding carboxylic acids is 1. The minimum Gasteiger partial charge on any atom is -0.494 e. The maximum atomic E-state index is 12.4. The minimum atomic E-state index is -0.455. The van der Waals surface area contributed by atoms with Gasteiger partial charge in [-0.2, -0.15) is 4.99 Å². The summed E-state index contributed by atoms with van der Waals surface area (Å²) >= 11 is 2.40. The second-order valence-electron chi connectivity index (χ2n) is 6.01. The number of nitrogens with zero attached hydrogens (tertiary/aromatic N) is 3. The highest BCUT2D eigenvalue weighted by molar-refractivity contribution is 7.16. The fourth-order valence-electron chi connectivity index (χ4n) is 2.73. The molecule has 0 aliphatic carbocycles. The first-order valence-corrected chi connectivity index (χ1v) is 11.0. The van der Waals surface area contributed by atoms with Gasteiger partial charge in [-0.05, 0) is 44.2 Å². The first kappa shape index (κ1) is 21.9. The van der Waals surface area contributed by atoms with Gasteiger partial charge in [0.15, 0.2) is 4.80 Å². The number of benzene rings is 1. The summed E-state index contributed by atoms with van der Waals surface area (Å²) in [5.41, 5.74) is 0.951. The second kappa shape index (κ2) is 10.3. The van der Waals surface area contributed by atoms with Crippen LogP contribution < -0.4 is 9.54 Å². The van der Waals surface area contributed by atoms with Gasteiger partial charge in [-0.25, -0.2) is 0 Å². The molecule has 0 radical (unpaired) electrons. The molecule has 0 saturated carbocycles. The Morgan fingerprint density at radius 3 is 2.77 bits per heavy atom. The summed E-state index contributed by atoms with van der Waals surface area (Å²) in [6.07, 6.45) is 2.85. The molecule has 8 nitrogen and oxygen atoms in total. The molecule has 0 spiro atoms. The van der Waals surface area contributed by atoms with Gasteiger partial charge < -0.3 is 14.0 Å². The van der Waals surface area contributed by atoms with Crippen LogP contribution in [-0.4, -0.2) is 35.2 Å². The third-order valence-corrected chi connectivity index (χ3v) is 6.06. The Balaban J connectivity index is 1.91. The van der Waals surface area contributed by atoms with Crippen molar-refractivity contribution in [1.82, 2.24) is 4.57 Å². The van der Waals surface area contributed by atoms with Crippen LogP contribution in [0.15, 0.2) is 41.4 Å². The standard InChI is InChI=1S/C20H21N3O5S2/c1-3-27-12-11-22-16-8-5-14(28-4-2)13-17(16)30-20(22)21-18(24)9-6-15-7-10-19(29-15)23(25)26/h5-10,13H,3-4,11-12H2,1-2H3/b9-6-,21-20?. The molecule has 0 aliphatic heterocycles. The van der Waals surface area contributed by atoms with Crippen LogP contribution >= 0.6 is 22.7 Å². The van der Waals surface area contributed by atoms with E-state index >= 15 is 0 Å². The molecule has 0 bridgehead atoms. The lowest BCUT2D eigenvalue weighted by atomic mass is 10.3. The van der Waals surface area contributed by atoms with Gasteiger partial charge in [0.2, 0.25) is 0 Å². The number of thiophene rings is 1. The Kier molecular flexibility index (Phi) is 7.50. The van der Waals surface area contributed by atoms with E-state index in [-0.39, 0.29) is 5.00 Å². The van der Waals surface area contributed by atoms with Gasteiger partial charge >= 0.3 is 5.00 Å². The normalized spacial score (nSPS) is 12.1. The predicted molar refractivity (Wildman–Crippen MR) is 118 cm³/mol. The van der Waals surface area contributed by atoms with Crippen LogP contribution in [0, 0.1) is 10.1 Å². The van der Waals surface area contributed by atoms with E-state index in [2.05, 4.69) is 4.99 Å². The van der Waals surface area contributed by atoms with E-state index in [1.54, 1.807) is 6.07 Å². The maximum absolute atomic E-state index is 12.4. The monoisotopic (exact) mass is 447 g/mol. The summed E-state index contributed by atoms with van der Waals surface area (Å²) in [5, 5.41) is 10.8. The zero-order valence-corrected chi connectivity index (χ0v) is 18.2. The van der Waals surface area contributed by atoms with Crippen molar-refractivity contribution < 1.29 is 19.2 Å². The highest BCUT2D eigenvalue weighted by Gasteiger charge is 2.10. The molecule has 0 N–H and O–H groups in total. The van der Waals surface area contributed by atoms with Crippen molar-refractivity contribution in [1.29, 1.82) is 0 Å². The second-order valence-corrected chi connectivity index (χ2v) is 8.12. The van der Waals surface area contributed by atoms with Gasteiger partial charge in [-0.15, -0.1) is 0 Å². The summed E-state index contributed by atoms with van der Waals surface area (Å²) in [5.74, 6) is 0.327. The van der Waals surface area contributed by atoms with Crippen molar-refractivity contribution in [3.63, 3.8) is 0 Å². The largest absolute Gasteiger partial charge is 0.494 e. The number of aromatic nitrogens is 1. The Bertz CT molecular complexity index is 1140. The molecule has 2 aromatic heterocycles. The molecule has 158 valence electrons. The Morgan fingerprint density at radius 2 is 2.07 bits per heavy atom.